The van der Waals surface area contributed by atoms with Crippen molar-refractivity contribution in [1.29, 1.82) is 0 Å². The van der Waals surface area contributed by atoms with Gasteiger partial charge in [-0.05, 0) is 44.0 Å². The van der Waals surface area contributed by atoms with Gasteiger partial charge < -0.3 is 5.32 Å². The molecule has 0 fully saturated rings. The highest BCUT2D eigenvalue weighted by Crippen LogP contribution is 2.23. The van der Waals surface area contributed by atoms with E-state index in [2.05, 4.69) is 26.1 Å². The molecule has 1 aromatic carbocycles. The topological polar surface area (TPSA) is 49.4 Å². The van der Waals surface area contributed by atoms with E-state index in [9.17, 15) is 8.42 Å². The van der Waals surface area contributed by atoms with Crippen molar-refractivity contribution >= 4 is 15.7 Å². The molecule has 1 rings (SSSR count). The van der Waals surface area contributed by atoms with Crippen LogP contribution in [0.25, 0.3) is 0 Å². The number of nitrogens with zero attached hydrogens (tertiary/aromatic N) is 1. The largest absolute Gasteiger partial charge is 0.380 e. The number of hydrogen-bond acceptors (Lipinski definition) is 3. The first kappa shape index (κ1) is 16.0. The predicted octanol–water partition coefficient (Wildman–Crippen LogP) is 2.93. The fourth-order valence-electron chi connectivity index (χ4n) is 1.70. The number of hydrogen-bond donors (Lipinski definition) is 1. The van der Waals surface area contributed by atoms with Gasteiger partial charge in [0.2, 0.25) is 10.0 Å². The third kappa shape index (κ3) is 3.70. The molecule has 19 heavy (non-hydrogen) atoms. The minimum atomic E-state index is -3.34. The lowest BCUT2D eigenvalue weighted by molar-refractivity contribution is 0.478. The molecule has 0 unspecified atom stereocenters. The van der Waals surface area contributed by atoms with E-state index in [1.54, 1.807) is 12.1 Å². The van der Waals surface area contributed by atoms with Crippen molar-refractivity contribution < 1.29 is 8.42 Å². The van der Waals surface area contributed by atoms with Crippen molar-refractivity contribution in [1.82, 2.24) is 4.31 Å². The van der Waals surface area contributed by atoms with Crippen LogP contribution >= 0.6 is 0 Å². The van der Waals surface area contributed by atoms with Crippen LogP contribution in [-0.2, 0) is 10.0 Å². The highest BCUT2D eigenvalue weighted by molar-refractivity contribution is 7.89. The van der Waals surface area contributed by atoms with Crippen molar-refractivity contribution in [2.75, 3.05) is 19.4 Å². The van der Waals surface area contributed by atoms with E-state index in [1.165, 1.54) is 18.4 Å². The predicted molar refractivity (Wildman–Crippen MR) is 79.9 cm³/mol. The monoisotopic (exact) mass is 284 g/mol. The highest BCUT2D eigenvalue weighted by atomic mass is 32.2. The van der Waals surface area contributed by atoms with Gasteiger partial charge in [-0.1, -0.05) is 13.8 Å². The van der Waals surface area contributed by atoms with E-state index in [1.807, 2.05) is 12.1 Å². The molecule has 0 aliphatic rings. The van der Waals surface area contributed by atoms with Gasteiger partial charge in [0.15, 0.2) is 0 Å². The number of benzene rings is 1. The second-order valence-corrected chi connectivity index (χ2v) is 7.36. The molecule has 4 nitrogen and oxygen atoms in total. The van der Waals surface area contributed by atoms with E-state index in [-0.39, 0.29) is 5.54 Å². The number of sulfonamides is 1. The molecule has 0 atom stereocenters. The Balaban J connectivity index is 2.95. The van der Waals surface area contributed by atoms with Crippen LogP contribution in [0.5, 0.6) is 0 Å². The average molecular weight is 284 g/mol. The Morgan fingerprint density at radius 1 is 1.11 bits per heavy atom. The first-order chi connectivity index (χ1) is 8.75. The zero-order valence-corrected chi connectivity index (χ0v) is 13.2. The van der Waals surface area contributed by atoms with Crippen LogP contribution in [0.15, 0.2) is 29.2 Å². The summed E-state index contributed by atoms with van der Waals surface area (Å²) in [4.78, 5) is 0.317. The van der Waals surface area contributed by atoms with Crippen LogP contribution in [-0.4, -0.2) is 32.4 Å². The molecule has 0 heterocycles. The smallest absolute Gasteiger partial charge is 0.242 e. The van der Waals surface area contributed by atoms with Crippen LogP contribution in [0, 0.1) is 0 Å². The fraction of sp³-hybridized carbons (Fsp3) is 0.571. The summed E-state index contributed by atoms with van der Waals surface area (Å²) < 4.78 is 25.1. The van der Waals surface area contributed by atoms with Crippen molar-refractivity contribution in [2.45, 2.75) is 44.0 Å². The molecule has 0 aliphatic heterocycles. The van der Waals surface area contributed by atoms with E-state index in [4.69, 9.17) is 0 Å². The fourth-order valence-corrected chi connectivity index (χ4v) is 2.60. The zero-order chi connectivity index (χ0) is 14.7. The molecule has 0 aliphatic carbocycles. The first-order valence-electron chi connectivity index (χ1n) is 6.56. The molecule has 108 valence electrons. The molecule has 1 N–H and O–H groups in total. The Labute approximate surface area is 116 Å². The van der Waals surface area contributed by atoms with Crippen molar-refractivity contribution in [3.63, 3.8) is 0 Å². The van der Waals surface area contributed by atoms with E-state index < -0.39 is 10.0 Å². The van der Waals surface area contributed by atoms with Gasteiger partial charge in [0, 0.05) is 25.3 Å². The van der Waals surface area contributed by atoms with E-state index >= 15 is 0 Å². The molecule has 0 aromatic heterocycles. The maximum atomic E-state index is 11.9. The lowest BCUT2D eigenvalue weighted by atomic mass is 9.95. The van der Waals surface area contributed by atoms with Gasteiger partial charge in [-0.25, -0.2) is 12.7 Å². The second kappa shape index (κ2) is 5.92. The lowest BCUT2D eigenvalue weighted by Gasteiger charge is -2.29. The first-order valence-corrected chi connectivity index (χ1v) is 8.00. The number of rotatable bonds is 6. The normalized spacial score (nSPS) is 12.7. The molecular formula is C14H24N2O2S. The average Bonchev–Trinajstić information content (AvgIpc) is 2.39. The molecule has 0 radical (unpaired) electrons. The van der Waals surface area contributed by atoms with Crippen molar-refractivity contribution in [2.24, 2.45) is 0 Å². The SMILES string of the molecule is CCC(C)(CC)Nc1ccc(S(=O)(=O)N(C)C)cc1. The molecule has 1 aromatic rings. The standard InChI is InChI=1S/C14H24N2O2S/c1-6-14(3,7-2)15-12-8-10-13(11-9-12)19(17,18)16(4)5/h8-11,15H,6-7H2,1-5H3. The zero-order valence-electron chi connectivity index (χ0n) is 12.4. The number of anilines is 1. The van der Waals surface area contributed by atoms with Gasteiger partial charge in [0.25, 0.3) is 0 Å². The summed E-state index contributed by atoms with van der Waals surface area (Å²) >= 11 is 0. The Bertz CT molecular complexity index is 503. The van der Waals surface area contributed by atoms with Crippen LogP contribution < -0.4 is 5.32 Å². The Hall–Kier alpha value is -1.07. The highest BCUT2D eigenvalue weighted by Gasteiger charge is 2.20. The molecule has 0 spiro atoms. The van der Waals surface area contributed by atoms with Crippen LogP contribution in [0.4, 0.5) is 5.69 Å². The van der Waals surface area contributed by atoms with Gasteiger partial charge >= 0.3 is 0 Å². The molecule has 0 saturated heterocycles. The summed E-state index contributed by atoms with van der Waals surface area (Å²) in [7, 11) is -0.274. The maximum Gasteiger partial charge on any atom is 0.242 e. The quantitative estimate of drug-likeness (QED) is 0.874. The molecule has 0 amide bonds. The van der Waals surface area contributed by atoms with E-state index in [0.717, 1.165) is 18.5 Å². The minimum Gasteiger partial charge on any atom is -0.380 e. The Morgan fingerprint density at radius 3 is 1.95 bits per heavy atom. The van der Waals surface area contributed by atoms with Gasteiger partial charge in [-0.2, -0.15) is 0 Å². The van der Waals surface area contributed by atoms with Crippen LogP contribution in [0.3, 0.4) is 0 Å². The van der Waals surface area contributed by atoms with Gasteiger partial charge in [-0.15, -0.1) is 0 Å². The van der Waals surface area contributed by atoms with Gasteiger partial charge in [-0.3, -0.25) is 0 Å². The number of nitrogens with one attached hydrogen (secondary N) is 1. The second-order valence-electron chi connectivity index (χ2n) is 5.20. The van der Waals surface area contributed by atoms with Crippen molar-refractivity contribution in [3.8, 4) is 0 Å². The summed E-state index contributed by atoms with van der Waals surface area (Å²) in [5.74, 6) is 0. The molecule has 0 saturated carbocycles. The third-order valence-corrected chi connectivity index (χ3v) is 5.47. The van der Waals surface area contributed by atoms with Crippen molar-refractivity contribution in [3.05, 3.63) is 24.3 Å². The van der Waals surface area contributed by atoms with Crippen LogP contribution in [0.1, 0.15) is 33.6 Å². The summed E-state index contributed by atoms with van der Waals surface area (Å²) in [6.07, 6.45) is 2.03. The third-order valence-electron chi connectivity index (χ3n) is 3.64. The summed E-state index contributed by atoms with van der Waals surface area (Å²) in [6.45, 7) is 6.44. The molecular weight excluding hydrogens is 260 g/mol. The van der Waals surface area contributed by atoms with Gasteiger partial charge in [0.05, 0.1) is 4.90 Å². The Kier molecular flexibility index (Phi) is 4.98. The van der Waals surface area contributed by atoms with E-state index in [0.29, 0.717) is 4.90 Å². The van der Waals surface area contributed by atoms with Crippen LogP contribution in [0.2, 0.25) is 0 Å². The lowest BCUT2D eigenvalue weighted by Crippen LogP contribution is -2.32. The summed E-state index contributed by atoms with van der Waals surface area (Å²) in [5, 5.41) is 3.45. The summed E-state index contributed by atoms with van der Waals surface area (Å²) in [6, 6.07) is 6.92. The molecule has 5 heteroatoms. The summed E-state index contributed by atoms with van der Waals surface area (Å²) in [5.41, 5.74) is 0.992. The Morgan fingerprint density at radius 2 is 1.58 bits per heavy atom. The minimum absolute atomic E-state index is 0.0436. The van der Waals surface area contributed by atoms with Gasteiger partial charge in [0.1, 0.15) is 0 Å². The maximum absolute atomic E-state index is 11.9. The molecule has 0 bridgehead atoms.